The van der Waals surface area contributed by atoms with Crippen LogP contribution in [0, 0.1) is 0 Å². The highest BCUT2D eigenvalue weighted by atomic mass is 79.9. The Balaban J connectivity index is 2.00. The minimum Gasteiger partial charge on any atom is -0.495 e. The molecule has 1 aromatic heterocycles. The largest absolute Gasteiger partial charge is 0.495 e. The maximum Gasteiger partial charge on any atom is 0.265 e. The third-order valence-electron chi connectivity index (χ3n) is 2.65. The summed E-state index contributed by atoms with van der Waals surface area (Å²) in [6.45, 7) is 0.515. The summed E-state index contributed by atoms with van der Waals surface area (Å²) in [6.07, 6.45) is 0. The molecule has 2 aromatic rings. The zero-order valence-corrected chi connectivity index (χ0v) is 12.9. The molecule has 0 aliphatic carbocycles. The number of hydrogen-bond acceptors (Lipinski definition) is 3. The average molecular weight is 340 g/mol. The predicted octanol–water partition coefficient (Wildman–Crippen LogP) is 3.58. The van der Waals surface area contributed by atoms with Crippen molar-refractivity contribution < 1.29 is 9.53 Å². The number of ether oxygens (including phenoxy) is 1. The average Bonchev–Trinajstić information content (AvgIpc) is 2.93. The molecule has 0 saturated heterocycles. The van der Waals surface area contributed by atoms with E-state index in [2.05, 4.69) is 27.3 Å². The molecular weight excluding hydrogens is 326 g/mol. The fourth-order valence-electron chi connectivity index (χ4n) is 1.71. The number of carbonyl (C=O) groups is 1. The van der Waals surface area contributed by atoms with Gasteiger partial charge in [0.1, 0.15) is 10.6 Å². The van der Waals surface area contributed by atoms with Crippen molar-refractivity contribution >= 4 is 33.2 Å². The van der Waals surface area contributed by atoms with E-state index >= 15 is 0 Å². The Morgan fingerprint density at radius 3 is 2.89 bits per heavy atom. The van der Waals surface area contributed by atoms with E-state index in [9.17, 15) is 4.79 Å². The minimum absolute atomic E-state index is 0.101. The number of alkyl halides is 1. The van der Waals surface area contributed by atoms with Crippen LogP contribution < -0.4 is 10.1 Å². The first-order valence-electron chi connectivity index (χ1n) is 5.78. The maximum absolute atomic E-state index is 12.0. The standard InChI is InChI=1S/C14H14BrNO2S/c1-18-12-5-6-19-13(12)14(17)16-9-11-4-2-3-10(7-11)8-15/h2-7H,8-9H2,1H3,(H,16,17). The minimum atomic E-state index is -0.101. The number of thiophene rings is 1. The highest BCUT2D eigenvalue weighted by molar-refractivity contribution is 9.08. The van der Waals surface area contributed by atoms with E-state index in [4.69, 9.17) is 4.74 Å². The summed E-state index contributed by atoms with van der Waals surface area (Å²) >= 11 is 4.80. The van der Waals surface area contributed by atoms with Crippen molar-refractivity contribution in [2.24, 2.45) is 0 Å². The van der Waals surface area contributed by atoms with E-state index in [0.717, 1.165) is 10.9 Å². The van der Waals surface area contributed by atoms with Crippen molar-refractivity contribution in [2.75, 3.05) is 7.11 Å². The smallest absolute Gasteiger partial charge is 0.265 e. The van der Waals surface area contributed by atoms with Gasteiger partial charge in [-0.2, -0.15) is 0 Å². The molecule has 0 unspecified atom stereocenters. The van der Waals surface area contributed by atoms with E-state index in [1.807, 2.05) is 23.6 Å². The fourth-order valence-corrected chi connectivity index (χ4v) is 2.83. The van der Waals surface area contributed by atoms with E-state index in [0.29, 0.717) is 17.2 Å². The maximum atomic E-state index is 12.0. The Bertz CT molecular complexity index is 568. The molecular formula is C14H14BrNO2S. The van der Waals surface area contributed by atoms with Crippen molar-refractivity contribution in [3.63, 3.8) is 0 Å². The predicted molar refractivity (Wildman–Crippen MR) is 81.1 cm³/mol. The van der Waals surface area contributed by atoms with Gasteiger partial charge >= 0.3 is 0 Å². The van der Waals surface area contributed by atoms with Crippen LogP contribution in [0.5, 0.6) is 5.75 Å². The molecule has 0 spiro atoms. The lowest BCUT2D eigenvalue weighted by atomic mass is 10.1. The monoisotopic (exact) mass is 339 g/mol. The summed E-state index contributed by atoms with van der Waals surface area (Å²) in [6, 6.07) is 9.90. The van der Waals surface area contributed by atoms with Crippen molar-refractivity contribution in [1.82, 2.24) is 5.32 Å². The molecule has 1 N–H and O–H groups in total. The van der Waals surface area contributed by atoms with E-state index in [1.165, 1.54) is 16.9 Å². The molecule has 0 aliphatic rings. The van der Waals surface area contributed by atoms with Gasteiger partial charge in [0.25, 0.3) is 5.91 Å². The molecule has 3 nitrogen and oxygen atoms in total. The molecule has 0 atom stereocenters. The number of methoxy groups -OCH3 is 1. The van der Waals surface area contributed by atoms with Gasteiger partial charge in [-0.25, -0.2) is 0 Å². The van der Waals surface area contributed by atoms with Crippen molar-refractivity contribution in [2.45, 2.75) is 11.9 Å². The van der Waals surface area contributed by atoms with Crippen LogP contribution in [0.1, 0.15) is 20.8 Å². The Morgan fingerprint density at radius 1 is 1.37 bits per heavy atom. The summed E-state index contributed by atoms with van der Waals surface area (Å²) in [7, 11) is 1.57. The molecule has 0 aliphatic heterocycles. The van der Waals surface area contributed by atoms with Gasteiger partial charge in [0, 0.05) is 11.9 Å². The second-order valence-electron chi connectivity index (χ2n) is 3.95. The van der Waals surface area contributed by atoms with Gasteiger partial charge in [0.15, 0.2) is 0 Å². The fraction of sp³-hybridized carbons (Fsp3) is 0.214. The summed E-state index contributed by atoms with van der Waals surface area (Å²) in [5.41, 5.74) is 2.28. The lowest BCUT2D eigenvalue weighted by Crippen LogP contribution is -2.22. The number of carbonyl (C=O) groups excluding carboxylic acids is 1. The van der Waals surface area contributed by atoms with Crippen LogP contribution in [0.2, 0.25) is 0 Å². The number of rotatable bonds is 5. The van der Waals surface area contributed by atoms with Crippen LogP contribution in [0.4, 0.5) is 0 Å². The number of amides is 1. The van der Waals surface area contributed by atoms with Gasteiger partial charge < -0.3 is 10.1 Å². The van der Waals surface area contributed by atoms with Crippen molar-refractivity contribution in [3.05, 3.63) is 51.7 Å². The first kappa shape index (κ1) is 14.1. The van der Waals surface area contributed by atoms with Gasteiger partial charge in [0.05, 0.1) is 7.11 Å². The molecule has 19 heavy (non-hydrogen) atoms. The van der Waals surface area contributed by atoms with Gasteiger partial charge in [-0.3, -0.25) is 4.79 Å². The third kappa shape index (κ3) is 3.58. The van der Waals surface area contributed by atoms with Gasteiger partial charge in [0.2, 0.25) is 0 Å². The summed E-state index contributed by atoms with van der Waals surface area (Å²) in [4.78, 5) is 12.6. The summed E-state index contributed by atoms with van der Waals surface area (Å²) in [5, 5.41) is 5.56. The second-order valence-corrected chi connectivity index (χ2v) is 5.43. The van der Waals surface area contributed by atoms with Gasteiger partial charge in [-0.05, 0) is 22.6 Å². The quantitative estimate of drug-likeness (QED) is 0.845. The van der Waals surface area contributed by atoms with Gasteiger partial charge in [-0.1, -0.05) is 40.2 Å². The van der Waals surface area contributed by atoms with Crippen molar-refractivity contribution in [1.29, 1.82) is 0 Å². The molecule has 1 heterocycles. The molecule has 0 bridgehead atoms. The zero-order valence-electron chi connectivity index (χ0n) is 10.5. The molecule has 1 amide bonds. The number of halogens is 1. The second kappa shape index (κ2) is 6.73. The Hall–Kier alpha value is -1.33. The van der Waals surface area contributed by atoms with E-state index < -0.39 is 0 Å². The summed E-state index contributed by atoms with van der Waals surface area (Å²) < 4.78 is 5.14. The van der Waals surface area contributed by atoms with Crippen LogP contribution in [0.25, 0.3) is 0 Å². The van der Waals surface area contributed by atoms with Crippen LogP contribution >= 0.6 is 27.3 Å². The van der Waals surface area contributed by atoms with E-state index in [-0.39, 0.29) is 5.91 Å². The number of benzene rings is 1. The molecule has 0 fully saturated rings. The first-order chi connectivity index (χ1) is 9.24. The molecule has 0 radical (unpaired) electrons. The normalized spacial score (nSPS) is 10.2. The molecule has 2 rings (SSSR count). The zero-order chi connectivity index (χ0) is 13.7. The highest BCUT2D eigenvalue weighted by Crippen LogP contribution is 2.24. The Kier molecular flexibility index (Phi) is 4.99. The molecule has 0 saturated carbocycles. The lowest BCUT2D eigenvalue weighted by Gasteiger charge is -2.06. The Morgan fingerprint density at radius 2 is 2.16 bits per heavy atom. The summed E-state index contributed by atoms with van der Waals surface area (Å²) in [5.74, 6) is 0.521. The third-order valence-corrected chi connectivity index (χ3v) is 4.20. The SMILES string of the molecule is COc1ccsc1C(=O)NCc1cccc(CBr)c1. The molecule has 100 valence electrons. The lowest BCUT2D eigenvalue weighted by molar-refractivity contribution is 0.0952. The van der Waals surface area contributed by atoms with Crippen LogP contribution in [-0.4, -0.2) is 13.0 Å². The number of nitrogens with one attached hydrogen (secondary N) is 1. The van der Waals surface area contributed by atoms with Crippen LogP contribution in [-0.2, 0) is 11.9 Å². The number of hydrogen-bond donors (Lipinski definition) is 1. The van der Waals surface area contributed by atoms with Crippen LogP contribution in [0.3, 0.4) is 0 Å². The van der Waals surface area contributed by atoms with E-state index in [1.54, 1.807) is 13.2 Å². The molecule has 5 heteroatoms. The highest BCUT2D eigenvalue weighted by Gasteiger charge is 2.13. The van der Waals surface area contributed by atoms with Gasteiger partial charge in [-0.15, -0.1) is 11.3 Å². The molecule has 1 aromatic carbocycles. The van der Waals surface area contributed by atoms with Crippen molar-refractivity contribution in [3.8, 4) is 5.75 Å². The topological polar surface area (TPSA) is 38.3 Å². The van der Waals surface area contributed by atoms with Crippen LogP contribution in [0.15, 0.2) is 35.7 Å². The Labute approximate surface area is 124 Å². The first-order valence-corrected chi connectivity index (χ1v) is 7.78.